The van der Waals surface area contributed by atoms with Crippen molar-refractivity contribution >= 4 is 0 Å². The van der Waals surface area contributed by atoms with Gasteiger partial charge in [0.2, 0.25) is 0 Å². The van der Waals surface area contributed by atoms with E-state index >= 15 is 0 Å². The third-order valence-corrected chi connectivity index (χ3v) is 4.07. The van der Waals surface area contributed by atoms with Gasteiger partial charge in [-0.05, 0) is 48.2 Å². The maximum absolute atomic E-state index is 5.99. The molecule has 0 amide bonds. The predicted octanol–water partition coefficient (Wildman–Crippen LogP) is 3.90. The van der Waals surface area contributed by atoms with E-state index in [1.165, 1.54) is 16.7 Å². The fourth-order valence-corrected chi connectivity index (χ4v) is 2.86. The summed E-state index contributed by atoms with van der Waals surface area (Å²) in [7, 11) is 0. The molecule has 110 valence electrons. The fraction of sp³-hybridized carbons (Fsp3) is 0.368. The molecule has 1 unspecified atom stereocenters. The lowest BCUT2D eigenvalue weighted by Gasteiger charge is -2.29. The molecule has 2 aromatic rings. The van der Waals surface area contributed by atoms with Crippen LogP contribution in [0.3, 0.4) is 0 Å². The first-order chi connectivity index (χ1) is 10.4. The van der Waals surface area contributed by atoms with Gasteiger partial charge in [-0.15, -0.1) is 0 Å². The SMILES string of the molecule is CCCNCc1cccc(OCC2Cc3ccccc32)c1. The van der Waals surface area contributed by atoms with Crippen molar-refractivity contribution in [3.05, 3.63) is 65.2 Å². The van der Waals surface area contributed by atoms with Gasteiger partial charge in [0.1, 0.15) is 5.75 Å². The number of ether oxygens (including phenoxy) is 1. The van der Waals surface area contributed by atoms with Gasteiger partial charge in [0.05, 0.1) is 6.61 Å². The first kappa shape index (κ1) is 14.2. The van der Waals surface area contributed by atoms with Gasteiger partial charge in [0.25, 0.3) is 0 Å². The zero-order valence-electron chi connectivity index (χ0n) is 12.6. The topological polar surface area (TPSA) is 21.3 Å². The fourth-order valence-electron chi connectivity index (χ4n) is 2.86. The first-order valence-electron chi connectivity index (χ1n) is 7.87. The molecule has 1 aliphatic rings. The van der Waals surface area contributed by atoms with Crippen LogP contribution in [0.2, 0.25) is 0 Å². The van der Waals surface area contributed by atoms with Crippen molar-refractivity contribution in [1.82, 2.24) is 5.32 Å². The van der Waals surface area contributed by atoms with Crippen molar-refractivity contribution in [2.75, 3.05) is 13.2 Å². The Labute approximate surface area is 127 Å². The Morgan fingerprint density at radius 2 is 2.05 bits per heavy atom. The second kappa shape index (κ2) is 6.77. The maximum Gasteiger partial charge on any atom is 0.119 e. The Kier molecular flexibility index (Phi) is 4.56. The summed E-state index contributed by atoms with van der Waals surface area (Å²) in [5.41, 5.74) is 4.22. The minimum absolute atomic E-state index is 0.558. The number of nitrogens with one attached hydrogen (secondary N) is 1. The molecule has 0 aliphatic heterocycles. The molecule has 0 bridgehead atoms. The third-order valence-electron chi connectivity index (χ3n) is 4.07. The highest BCUT2D eigenvalue weighted by atomic mass is 16.5. The highest BCUT2D eigenvalue weighted by molar-refractivity contribution is 5.40. The number of hydrogen-bond donors (Lipinski definition) is 1. The van der Waals surface area contributed by atoms with E-state index in [9.17, 15) is 0 Å². The average Bonchev–Trinajstić information content (AvgIpc) is 2.49. The second-order valence-corrected chi connectivity index (χ2v) is 5.74. The summed E-state index contributed by atoms with van der Waals surface area (Å²) >= 11 is 0. The Morgan fingerprint density at radius 1 is 1.14 bits per heavy atom. The smallest absolute Gasteiger partial charge is 0.119 e. The second-order valence-electron chi connectivity index (χ2n) is 5.74. The van der Waals surface area contributed by atoms with Gasteiger partial charge in [-0.25, -0.2) is 0 Å². The summed E-state index contributed by atoms with van der Waals surface area (Å²) in [5, 5.41) is 3.42. The van der Waals surface area contributed by atoms with Gasteiger partial charge in [-0.3, -0.25) is 0 Å². The molecule has 2 aromatic carbocycles. The van der Waals surface area contributed by atoms with Crippen LogP contribution >= 0.6 is 0 Å². The van der Waals surface area contributed by atoms with E-state index in [2.05, 4.69) is 54.7 Å². The van der Waals surface area contributed by atoms with Crippen LogP contribution in [0, 0.1) is 0 Å². The van der Waals surface area contributed by atoms with E-state index in [0.29, 0.717) is 5.92 Å². The number of rotatable bonds is 7. The molecular formula is C19H23NO. The summed E-state index contributed by atoms with van der Waals surface area (Å²) in [4.78, 5) is 0. The van der Waals surface area contributed by atoms with Crippen molar-refractivity contribution in [1.29, 1.82) is 0 Å². The Bertz CT molecular complexity index is 594. The molecule has 1 atom stereocenters. The highest BCUT2D eigenvalue weighted by Crippen LogP contribution is 2.35. The van der Waals surface area contributed by atoms with Crippen molar-refractivity contribution < 1.29 is 4.74 Å². The van der Waals surface area contributed by atoms with Crippen LogP contribution < -0.4 is 10.1 Å². The molecule has 2 heteroatoms. The molecule has 0 saturated heterocycles. The number of hydrogen-bond acceptors (Lipinski definition) is 2. The molecule has 0 heterocycles. The van der Waals surface area contributed by atoms with Gasteiger partial charge in [-0.1, -0.05) is 43.3 Å². The molecule has 0 radical (unpaired) electrons. The summed E-state index contributed by atoms with van der Waals surface area (Å²) < 4.78 is 5.99. The molecule has 0 aromatic heterocycles. The van der Waals surface area contributed by atoms with E-state index in [1.807, 2.05) is 6.07 Å². The van der Waals surface area contributed by atoms with Gasteiger partial charge in [0.15, 0.2) is 0 Å². The van der Waals surface area contributed by atoms with Gasteiger partial charge in [-0.2, -0.15) is 0 Å². The molecule has 1 aliphatic carbocycles. The summed E-state index contributed by atoms with van der Waals surface area (Å²) in [6.45, 7) is 4.94. The summed E-state index contributed by atoms with van der Waals surface area (Å²) in [6, 6.07) is 17.1. The Balaban J connectivity index is 1.53. The zero-order valence-corrected chi connectivity index (χ0v) is 12.6. The predicted molar refractivity (Wildman–Crippen MR) is 86.8 cm³/mol. The lowest BCUT2D eigenvalue weighted by atomic mass is 9.78. The molecule has 0 spiro atoms. The minimum atomic E-state index is 0.558. The van der Waals surface area contributed by atoms with Crippen molar-refractivity contribution in [3.8, 4) is 5.75 Å². The standard InChI is InChI=1S/C19H23NO/c1-2-10-20-13-15-6-5-8-18(11-15)21-14-17-12-16-7-3-4-9-19(16)17/h3-9,11,17,20H,2,10,12-14H2,1H3. The third kappa shape index (κ3) is 3.45. The Hall–Kier alpha value is -1.80. The van der Waals surface area contributed by atoms with E-state index in [4.69, 9.17) is 4.74 Å². The number of fused-ring (bicyclic) bond motifs is 1. The number of benzene rings is 2. The first-order valence-corrected chi connectivity index (χ1v) is 7.87. The van der Waals surface area contributed by atoms with Crippen LogP contribution in [-0.4, -0.2) is 13.2 Å². The van der Waals surface area contributed by atoms with E-state index < -0.39 is 0 Å². The van der Waals surface area contributed by atoms with Crippen molar-refractivity contribution in [2.45, 2.75) is 32.2 Å². The van der Waals surface area contributed by atoms with Crippen LogP contribution in [0.25, 0.3) is 0 Å². The lowest BCUT2D eigenvalue weighted by Crippen LogP contribution is -2.23. The molecule has 3 rings (SSSR count). The van der Waals surface area contributed by atoms with Gasteiger partial charge >= 0.3 is 0 Å². The van der Waals surface area contributed by atoms with E-state index in [0.717, 1.165) is 38.3 Å². The monoisotopic (exact) mass is 281 g/mol. The van der Waals surface area contributed by atoms with Crippen LogP contribution in [0.15, 0.2) is 48.5 Å². The molecule has 1 N–H and O–H groups in total. The average molecular weight is 281 g/mol. The van der Waals surface area contributed by atoms with E-state index in [1.54, 1.807) is 0 Å². The van der Waals surface area contributed by atoms with Gasteiger partial charge < -0.3 is 10.1 Å². The molecule has 2 nitrogen and oxygen atoms in total. The zero-order chi connectivity index (χ0) is 14.5. The summed E-state index contributed by atoms with van der Waals surface area (Å²) in [5.74, 6) is 1.54. The molecule has 0 fully saturated rings. The van der Waals surface area contributed by atoms with Crippen molar-refractivity contribution in [3.63, 3.8) is 0 Å². The largest absolute Gasteiger partial charge is 0.493 e. The van der Waals surface area contributed by atoms with Crippen molar-refractivity contribution in [2.24, 2.45) is 0 Å². The molecule has 0 saturated carbocycles. The highest BCUT2D eigenvalue weighted by Gasteiger charge is 2.25. The molecule has 21 heavy (non-hydrogen) atoms. The molecular weight excluding hydrogens is 258 g/mol. The summed E-state index contributed by atoms with van der Waals surface area (Å²) in [6.07, 6.45) is 2.31. The van der Waals surface area contributed by atoms with Crippen LogP contribution in [0.4, 0.5) is 0 Å². The quantitative estimate of drug-likeness (QED) is 0.777. The van der Waals surface area contributed by atoms with E-state index in [-0.39, 0.29) is 0 Å². The van der Waals surface area contributed by atoms with Crippen LogP contribution in [0.1, 0.15) is 36.0 Å². The van der Waals surface area contributed by atoms with Gasteiger partial charge in [0, 0.05) is 12.5 Å². The van der Waals surface area contributed by atoms with Crippen LogP contribution in [0.5, 0.6) is 5.75 Å². The minimum Gasteiger partial charge on any atom is -0.493 e. The van der Waals surface area contributed by atoms with Crippen LogP contribution in [-0.2, 0) is 13.0 Å². The maximum atomic E-state index is 5.99. The lowest BCUT2D eigenvalue weighted by molar-refractivity contribution is 0.275. The Morgan fingerprint density at radius 3 is 2.90 bits per heavy atom. The normalized spacial score (nSPS) is 16.1.